The molecule has 3 rings (SSSR count). The molecule has 0 saturated heterocycles. The molecule has 2 aromatic rings. The van der Waals surface area contributed by atoms with Crippen molar-refractivity contribution < 1.29 is 33.3 Å². The van der Waals surface area contributed by atoms with Gasteiger partial charge in [-0.3, -0.25) is 0 Å². The zero-order valence-corrected chi connectivity index (χ0v) is 18.8. The number of hydrogen-bond acceptors (Lipinski definition) is 8. The molecule has 1 aliphatic carbocycles. The molecule has 9 nitrogen and oxygen atoms in total. The number of carboxylic acid groups (broad SMARTS) is 1. The van der Waals surface area contributed by atoms with Gasteiger partial charge in [0, 0.05) is 11.6 Å². The number of ether oxygens (including phenoxy) is 3. The van der Waals surface area contributed by atoms with Crippen LogP contribution in [0.2, 0.25) is 0 Å². The van der Waals surface area contributed by atoms with E-state index in [9.17, 15) is 19.1 Å². The second-order valence-corrected chi connectivity index (χ2v) is 9.23. The molecule has 0 atom stereocenters. The van der Waals surface area contributed by atoms with Gasteiger partial charge in [0.15, 0.2) is 5.82 Å². The van der Waals surface area contributed by atoms with Crippen molar-refractivity contribution in [3.05, 3.63) is 23.8 Å². The van der Waals surface area contributed by atoms with Crippen molar-refractivity contribution in [2.24, 2.45) is 0 Å². The Bertz CT molecular complexity index is 1030. The highest BCUT2D eigenvalue weighted by Crippen LogP contribution is 2.40. The zero-order valence-electron chi connectivity index (χ0n) is 18.8. The number of anilines is 1. The molecule has 0 unspecified atom stereocenters. The number of hydrogen-bond donors (Lipinski definition) is 2. The van der Waals surface area contributed by atoms with Crippen LogP contribution >= 0.6 is 0 Å². The van der Waals surface area contributed by atoms with E-state index >= 15 is 0 Å². The third kappa shape index (κ3) is 5.95. The summed E-state index contributed by atoms with van der Waals surface area (Å²) < 4.78 is 30.7. The van der Waals surface area contributed by atoms with E-state index in [1.165, 1.54) is 19.9 Å². The molecule has 32 heavy (non-hydrogen) atoms. The van der Waals surface area contributed by atoms with E-state index < -0.39 is 29.1 Å². The van der Waals surface area contributed by atoms with Gasteiger partial charge in [-0.05, 0) is 59.6 Å². The molecule has 0 aliphatic heterocycles. The maximum Gasteiger partial charge on any atom is 0.508 e. The predicted molar refractivity (Wildman–Crippen MR) is 114 cm³/mol. The Morgan fingerprint density at radius 1 is 1.16 bits per heavy atom. The van der Waals surface area contributed by atoms with Gasteiger partial charge in [-0.25, -0.2) is 19.0 Å². The Balaban J connectivity index is 1.83. The number of nitrogens with zero attached hydrogens (tertiary/aromatic N) is 2. The first kappa shape index (κ1) is 23.5. The van der Waals surface area contributed by atoms with Crippen LogP contribution in [0, 0.1) is 5.82 Å². The summed E-state index contributed by atoms with van der Waals surface area (Å²) in [6, 6.07) is 2.75. The van der Waals surface area contributed by atoms with E-state index in [0.717, 1.165) is 12.8 Å². The van der Waals surface area contributed by atoms with Crippen LogP contribution in [0.4, 0.5) is 14.9 Å². The molecule has 0 amide bonds. The number of fused-ring (bicyclic) bond motifs is 1. The molecule has 1 saturated carbocycles. The highest BCUT2D eigenvalue weighted by molar-refractivity contribution is 5.89. The second kappa shape index (κ2) is 8.76. The lowest BCUT2D eigenvalue weighted by molar-refractivity contribution is -0.141. The van der Waals surface area contributed by atoms with Gasteiger partial charge in [-0.1, -0.05) is 0 Å². The Morgan fingerprint density at radius 2 is 1.84 bits per heavy atom. The molecule has 1 aromatic carbocycles. The lowest BCUT2D eigenvalue weighted by atomic mass is 10.1. The monoisotopic (exact) mass is 449 g/mol. The number of carboxylic acids is 1. The van der Waals surface area contributed by atoms with Crippen LogP contribution in [-0.4, -0.2) is 51.6 Å². The van der Waals surface area contributed by atoms with E-state index in [2.05, 4.69) is 15.3 Å². The number of carbonyl (C=O) groups excluding carboxylic acids is 1. The van der Waals surface area contributed by atoms with Crippen LogP contribution in [0.15, 0.2) is 12.1 Å². The summed E-state index contributed by atoms with van der Waals surface area (Å²) in [5, 5.41) is 12.4. The minimum atomic E-state index is -1.32. The SMILES string of the molecule is CC(C)(C)OC(=O)OCCOc1nc(C2CC2)nc2c(F)cc(NC(C)(C)C(=O)O)cc12. The highest BCUT2D eigenvalue weighted by atomic mass is 19.1. The normalized spacial score (nSPS) is 14.2. The topological polar surface area (TPSA) is 120 Å². The maximum atomic E-state index is 14.9. The van der Waals surface area contributed by atoms with Gasteiger partial charge in [0.05, 0.1) is 5.39 Å². The molecule has 10 heteroatoms. The smallest absolute Gasteiger partial charge is 0.480 e. The first-order chi connectivity index (χ1) is 14.9. The minimum Gasteiger partial charge on any atom is -0.480 e. The van der Waals surface area contributed by atoms with Crippen molar-refractivity contribution in [3.63, 3.8) is 0 Å². The van der Waals surface area contributed by atoms with E-state index in [1.807, 2.05) is 0 Å². The standard InChI is InChI=1S/C22H28FN3O6/c1-21(2,3)32-20(29)31-9-8-30-18-14-10-13(26-22(4,5)19(27)28)11-15(23)16(14)24-17(25-18)12-6-7-12/h10-12,26H,6-9H2,1-5H3,(H,27,28). The van der Waals surface area contributed by atoms with E-state index in [0.29, 0.717) is 5.82 Å². The van der Waals surface area contributed by atoms with Gasteiger partial charge in [0.2, 0.25) is 5.88 Å². The van der Waals surface area contributed by atoms with Gasteiger partial charge in [-0.15, -0.1) is 0 Å². The van der Waals surface area contributed by atoms with Crippen molar-refractivity contribution in [3.8, 4) is 5.88 Å². The fourth-order valence-electron chi connectivity index (χ4n) is 2.84. The lowest BCUT2D eigenvalue weighted by Crippen LogP contribution is -2.39. The number of rotatable bonds is 8. The van der Waals surface area contributed by atoms with Crippen LogP contribution in [-0.2, 0) is 14.3 Å². The summed E-state index contributed by atoms with van der Waals surface area (Å²) >= 11 is 0. The average Bonchev–Trinajstić information content (AvgIpc) is 3.48. The van der Waals surface area contributed by atoms with Crippen LogP contribution in [0.1, 0.15) is 59.2 Å². The molecule has 0 spiro atoms. The van der Waals surface area contributed by atoms with Crippen LogP contribution < -0.4 is 10.1 Å². The number of nitrogens with one attached hydrogen (secondary N) is 1. The van der Waals surface area contributed by atoms with Crippen molar-refractivity contribution in [1.82, 2.24) is 9.97 Å². The Kier molecular flexibility index (Phi) is 6.43. The van der Waals surface area contributed by atoms with Crippen LogP contribution in [0.25, 0.3) is 10.9 Å². The molecule has 1 fully saturated rings. The highest BCUT2D eigenvalue weighted by Gasteiger charge is 2.30. The molecule has 0 bridgehead atoms. The summed E-state index contributed by atoms with van der Waals surface area (Å²) in [6.45, 7) is 7.99. The van der Waals surface area contributed by atoms with Crippen LogP contribution in [0.5, 0.6) is 5.88 Å². The summed E-state index contributed by atoms with van der Waals surface area (Å²) in [4.78, 5) is 31.9. The van der Waals surface area contributed by atoms with Gasteiger partial charge in [0.1, 0.15) is 35.7 Å². The number of benzene rings is 1. The largest absolute Gasteiger partial charge is 0.508 e. The third-order valence-electron chi connectivity index (χ3n) is 4.60. The third-order valence-corrected chi connectivity index (χ3v) is 4.60. The molecule has 1 aromatic heterocycles. The van der Waals surface area contributed by atoms with E-state index in [-0.39, 0.29) is 41.6 Å². The number of carbonyl (C=O) groups is 2. The Labute approximate surface area is 185 Å². The molecular weight excluding hydrogens is 421 g/mol. The molecule has 174 valence electrons. The molecule has 1 aliphatic rings. The summed E-state index contributed by atoms with van der Waals surface area (Å²) in [5.74, 6) is -0.922. The number of aliphatic carboxylic acids is 1. The summed E-state index contributed by atoms with van der Waals surface area (Å²) in [6.07, 6.45) is 1.02. The van der Waals surface area contributed by atoms with Crippen molar-refractivity contribution >= 4 is 28.7 Å². The maximum absolute atomic E-state index is 14.9. The zero-order chi connectivity index (χ0) is 23.7. The first-order valence-corrected chi connectivity index (χ1v) is 10.4. The second-order valence-electron chi connectivity index (χ2n) is 9.23. The van der Waals surface area contributed by atoms with Crippen molar-refractivity contribution in [2.75, 3.05) is 18.5 Å². The van der Waals surface area contributed by atoms with Crippen molar-refractivity contribution in [2.45, 2.75) is 64.5 Å². The van der Waals surface area contributed by atoms with E-state index in [4.69, 9.17) is 14.2 Å². The molecule has 0 radical (unpaired) electrons. The predicted octanol–water partition coefficient (Wildman–Crippen LogP) is 4.25. The molecule has 2 N–H and O–H groups in total. The first-order valence-electron chi connectivity index (χ1n) is 10.4. The molecule has 1 heterocycles. The quantitative estimate of drug-likeness (QED) is 0.450. The number of halogens is 1. The van der Waals surface area contributed by atoms with E-state index in [1.54, 1.807) is 26.8 Å². The minimum absolute atomic E-state index is 0.0324. The van der Waals surface area contributed by atoms with Gasteiger partial charge in [-0.2, -0.15) is 4.98 Å². The summed E-state index contributed by atoms with van der Waals surface area (Å²) in [5.41, 5.74) is -1.66. The Hall–Kier alpha value is -3.17. The van der Waals surface area contributed by atoms with Gasteiger partial charge < -0.3 is 24.6 Å². The van der Waals surface area contributed by atoms with Crippen molar-refractivity contribution in [1.29, 1.82) is 0 Å². The Morgan fingerprint density at radius 3 is 2.44 bits per heavy atom. The summed E-state index contributed by atoms with van der Waals surface area (Å²) in [7, 11) is 0. The lowest BCUT2D eigenvalue weighted by Gasteiger charge is -2.23. The van der Waals surface area contributed by atoms with Gasteiger partial charge in [0.25, 0.3) is 0 Å². The van der Waals surface area contributed by atoms with Crippen LogP contribution in [0.3, 0.4) is 0 Å². The average molecular weight is 449 g/mol. The van der Waals surface area contributed by atoms with Gasteiger partial charge >= 0.3 is 12.1 Å². The fourth-order valence-corrected chi connectivity index (χ4v) is 2.84. The fraction of sp³-hybridized carbons (Fsp3) is 0.545. The number of aromatic nitrogens is 2. The molecular formula is C22H28FN3O6.